The molecule has 0 bridgehead atoms. The molecule has 2 aromatic rings. The molecule has 0 unspecified atom stereocenters. The molecule has 174 valence electrons. The molecule has 9 heteroatoms. The van der Waals surface area contributed by atoms with Crippen molar-refractivity contribution in [1.82, 2.24) is 9.97 Å². The summed E-state index contributed by atoms with van der Waals surface area (Å²) < 4.78 is 40.7. The van der Waals surface area contributed by atoms with Crippen molar-refractivity contribution in [3.05, 3.63) is 36.7 Å². The van der Waals surface area contributed by atoms with Crippen molar-refractivity contribution >= 4 is 15.8 Å². The summed E-state index contributed by atoms with van der Waals surface area (Å²) in [5.41, 5.74) is 0. The molecular weight excluding hydrogens is 430 g/mol. The molecule has 0 N–H and O–H groups in total. The maximum Gasteiger partial charge on any atom is 0.225 e. The van der Waals surface area contributed by atoms with Gasteiger partial charge in [0, 0.05) is 19.3 Å². The topological polar surface area (TPSA) is 90.9 Å². The third-order valence-electron chi connectivity index (χ3n) is 6.14. The van der Waals surface area contributed by atoms with Gasteiger partial charge in [-0.3, -0.25) is 0 Å². The summed E-state index contributed by atoms with van der Waals surface area (Å²) >= 11 is 0. The van der Waals surface area contributed by atoms with Crippen molar-refractivity contribution < 1.29 is 22.6 Å². The van der Waals surface area contributed by atoms with E-state index in [-0.39, 0.29) is 18.3 Å². The number of piperidine rings is 1. The zero-order chi connectivity index (χ0) is 22.6. The summed E-state index contributed by atoms with van der Waals surface area (Å²) in [5, 5.41) is 0. The third kappa shape index (κ3) is 5.89. The molecular formula is C23H31N3O5S. The lowest BCUT2D eigenvalue weighted by molar-refractivity contribution is -0.0528. The summed E-state index contributed by atoms with van der Waals surface area (Å²) in [6, 6.07) is 6.67. The highest BCUT2D eigenvalue weighted by molar-refractivity contribution is 7.90. The van der Waals surface area contributed by atoms with Crippen molar-refractivity contribution in [2.75, 3.05) is 31.4 Å². The molecule has 1 saturated carbocycles. The quantitative estimate of drug-likeness (QED) is 0.621. The van der Waals surface area contributed by atoms with Gasteiger partial charge >= 0.3 is 0 Å². The Labute approximate surface area is 189 Å². The highest BCUT2D eigenvalue weighted by Gasteiger charge is 2.28. The van der Waals surface area contributed by atoms with Gasteiger partial charge in [-0.15, -0.1) is 0 Å². The number of methoxy groups -OCH3 is 1. The lowest BCUT2D eigenvalue weighted by Gasteiger charge is -2.36. The molecule has 2 aliphatic rings. The van der Waals surface area contributed by atoms with Crippen molar-refractivity contribution in [2.45, 2.75) is 61.7 Å². The van der Waals surface area contributed by atoms with Gasteiger partial charge in [-0.1, -0.05) is 0 Å². The van der Waals surface area contributed by atoms with Crippen LogP contribution in [-0.2, 0) is 14.6 Å². The number of benzene rings is 1. The monoisotopic (exact) mass is 461 g/mol. The van der Waals surface area contributed by atoms with Crippen molar-refractivity contribution in [2.24, 2.45) is 0 Å². The number of hydrogen-bond acceptors (Lipinski definition) is 8. The maximum absolute atomic E-state index is 11.6. The number of sulfone groups is 1. The Hall–Kier alpha value is -2.39. The second-order valence-corrected chi connectivity index (χ2v) is 10.5. The van der Waals surface area contributed by atoms with Crippen LogP contribution >= 0.6 is 0 Å². The Morgan fingerprint density at radius 1 is 0.844 bits per heavy atom. The molecule has 0 spiro atoms. The summed E-state index contributed by atoms with van der Waals surface area (Å²) in [6.07, 6.45) is 11.1. The summed E-state index contributed by atoms with van der Waals surface area (Å²) in [7, 11) is -1.57. The predicted molar refractivity (Wildman–Crippen MR) is 121 cm³/mol. The fraction of sp³-hybridized carbons (Fsp3) is 0.565. The van der Waals surface area contributed by atoms with E-state index in [1.165, 1.54) is 6.26 Å². The van der Waals surface area contributed by atoms with Crippen LogP contribution < -0.4 is 14.4 Å². The zero-order valence-electron chi connectivity index (χ0n) is 18.6. The Morgan fingerprint density at radius 3 is 1.97 bits per heavy atom. The van der Waals surface area contributed by atoms with Crippen molar-refractivity contribution in [3.63, 3.8) is 0 Å². The average molecular weight is 462 g/mol. The van der Waals surface area contributed by atoms with E-state index >= 15 is 0 Å². The second kappa shape index (κ2) is 10.0. The van der Waals surface area contributed by atoms with Crippen LogP contribution in [0.15, 0.2) is 41.6 Å². The van der Waals surface area contributed by atoms with Crippen LogP contribution in [-0.4, -0.2) is 63.2 Å². The van der Waals surface area contributed by atoms with Crippen LogP contribution in [0.4, 0.5) is 5.95 Å². The van der Waals surface area contributed by atoms with Crippen LogP contribution in [0.25, 0.3) is 0 Å². The molecule has 1 saturated heterocycles. The van der Waals surface area contributed by atoms with Crippen molar-refractivity contribution in [1.29, 1.82) is 0 Å². The molecule has 2 fully saturated rings. The summed E-state index contributed by atoms with van der Waals surface area (Å²) in [4.78, 5) is 11.3. The molecule has 8 nitrogen and oxygen atoms in total. The number of rotatable bonds is 7. The first-order valence-electron chi connectivity index (χ1n) is 11.1. The number of nitrogens with zero attached hydrogens (tertiary/aromatic N) is 3. The highest BCUT2D eigenvalue weighted by Crippen LogP contribution is 2.29. The minimum Gasteiger partial charge on any atom is -0.494 e. The van der Waals surface area contributed by atoms with Gasteiger partial charge in [0.1, 0.15) is 5.75 Å². The summed E-state index contributed by atoms with van der Waals surface area (Å²) in [5.74, 6) is 2.12. The van der Waals surface area contributed by atoms with Crippen LogP contribution in [0, 0.1) is 0 Å². The highest BCUT2D eigenvalue weighted by atomic mass is 32.2. The number of hydrogen-bond donors (Lipinski definition) is 0. The fourth-order valence-electron chi connectivity index (χ4n) is 4.29. The van der Waals surface area contributed by atoms with E-state index in [4.69, 9.17) is 14.2 Å². The minimum absolute atomic E-state index is 0.146. The maximum atomic E-state index is 11.6. The average Bonchev–Trinajstić information content (AvgIpc) is 2.81. The zero-order valence-corrected chi connectivity index (χ0v) is 19.5. The first-order valence-corrected chi connectivity index (χ1v) is 13.0. The van der Waals surface area contributed by atoms with Crippen LogP contribution in [0.5, 0.6) is 11.5 Å². The van der Waals surface area contributed by atoms with Crippen LogP contribution in [0.3, 0.4) is 0 Å². The lowest BCUT2D eigenvalue weighted by atomic mass is 9.94. The van der Waals surface area contributed by atoms with E-state index in [0.29, 0.717) is 10.6 Å². The molecule has 0 atom stereocenters. The van der Waals surface area contributed by atoms with Crippen LogP contribution in [0.1, 0.15) is 38.5 Å². The first-order chi connectivity index (χ1) is 15.4. The van der Waals surface area contributed by atoms with E-state index in [2.05, 4.69) is 14.9 Å². The standard InChI is InChI=1S/C23H31N3O5S/c1-29-21-15-24-23(25-16-21)26-13-11-20(12-14-26)31-18-5-3-17(4-6-18)30-19-7-9-22(10-8-19)32(2,27)28/h7-10,15-18,20H,3-6,11-14H2,1-2H3. The second-order valence-electron chi connectivity index (χ2n) is 8.51. The molecule has 0 radical (unpaired) electrons. The molecule has 0 amide bonds. The largest absolute Gasteiger partial charge is 0.494 e. The van der Waals surface area contributed by atoms with Gasteiger partial charge in [0.25, 0.3) is 0 Å². The van der Waals surface area contributed by atoms with Gasteiger partial charge in [-0.2, -0.15) is 0 Å². The van der Waals surface area contributed by atoms with Gasteiger partial charge in [-0.25, -0.2) is 18.4 Å². The smallest absolute Gasteiger partial charge is 0.225 e. The van der Waals surface area contributed by atoms with Crippen molar-refractivity contribution in [3.8, 4) is 11.5 Å². The van der Waals surface area contributed by atoms with Gasteiger partial charge < -0.3 is 19.1 Å². The Bertz CT molecular complexity index is 966. The Balaban J connectivity index is 1.18. The fourth-order valence-corrected chi connectivity index (χ4v) is 4.92. The third-order valence-corrected chi connectivity index (χ3v) is 7.26. The normalized spacial score (nSPS) is 22.5. The molecule has 1 aromatic carbocycles. The van der Waals surface area contributed by atoms with E-state index in [1.54, 1.807) is 43.8 Å². The Kier molecular flexibility index (Phi) is 7.15. The van der Waals surface area contributed by atoms with Gasteiger partial charge in [0.15, 0.2) is 15.6 Å². The summed E-state index contributed by atoms with van der Waals surface area (Å²) in [6.45, 7) is 1.78. The van der Waals surface area contributed by atoms with Crippen LogP contribution in [0.2, 0.25) is 0 Å². The van der Waals surface area contributed by atoms with Gasteiger partial charge in [0.2, 0.25) is 5.95 Å². The minimum atomic E-state index is -3.18. The van der Waals surface area contributed by atoms with Gasteiger partial charge in [0.05, 0.1) is 42.7 Å². The number of aromatic nitrogens is 2. The number of anilines is 1. The molecule has 32 heavy (non-hydrogen) atoms. The van der Waals surface area contributed by atoms with E-state index in [9.17, 15) is 8.42 Å². The Morgan fingerprint density at radius 2 is 1.41 bits per heavy atom. The molecule has 2 heterocycles. The first kappa shape index (κ1) is 22.8. The molecule has 4 rings (SSSR count). The van der Waals surface area contributed by atoms with E-state index in [1.807, 2.05) is 0 Å². The number of ether oxygens (including phenoxy) is 3. The lowest BCUT2D eigenvalue weighted by Crippen LogP contribution is -2.40. The SMILES string of the molecule is COc1cnc(N2CCC(OC3CCC(Oc4ccc(S(C)(=O)=O)cc4)CC3)CC2)nc1. The molecule has 1 aliphatic carbocycles. The van der Waals surface area contributed by atoms with Gasteiger partial charge in [-0.05, 0) is 62.8 Å². The van der Waals surface area contributed by atoms with E-state index < -0.39 is 9.84 Å². The van der Waals surface area contributed by atoms with E-state index in [0.717, 1.165) is 63.3 Å². The molecule has 1 aliphatic heterocycles. The molecule has 1 aromatic heterocycles. The predicted octanol–water partition coefficient (Wildman–Crippen LogP) is 3.26.